The molecule has 0 spiro atoms. The molecule has 2 aromatic carbocycles. The number of halogens is 1. The summed E-state index contributed by atoms with van der Waals surface area (Å²) in [6.07, 6.45) is 0. The van der Waals surface area contributed by atoms with Gasteiger partial charge in [-0.05, 0) is 24.3 Å². The Morgan fingerprint density at radius 2 is 1.79 bits per heavy atom. The highest BCUT2D eigenvalue weighted by Gasteiger charge is 2.12. The summed E-state index contributed by atoms with van der Waals surface area (Å²) in [5.41, 5.74) is 2.87. The Morgan fingerprint density at radius 1 is 1.11 bits per heavy atom. The van der Waals surface area contributed by atoms with Crippen molar-refractivity contribution in [2.75, 3.05) is 19.0 Å². The third-order valence-electron chi connectivity index (χ3n) is 2.89. The Balaban J connectivity index is 2.64. The predicted octanol–water partition coefficient (Wildman–Crippen LogP) is 3.77. The number of carbonyl (C=O) groups is 1. The average Bonchev–Trinajstić information content (AvgIpc) is 2.39. The Labute approximate surface area is 117 Å². The summed E-state index contributed by atoms with van der Waals surface area (Å²) in [7, 11) is 3.88. The van der Waals surface area contributed by atoms with Gasteiger partial charge in [0.15, 0.2) is 0 Å². The first-order chi connectivity index (χ1) is 9.00. The van der Waals surface area contributed by atoms with Crippen molar-refractivity contribution >= 4 is 23.3 Å². The molecule has 3 nitrogen and oxygen atoms in total. The van der Waals surface area contributed by atoms with Gasteiger partial charge in [-0.1, -0.05) is 29.8 Å². The van der Waals surface area contributed by atoms with Crippen LogP contribution in [0.25, 0.3) is 11.1 Å². The molecule has 2 rings (SSSR count). The maximum Gasteiger partial charge on any atom is 0.335 e. The van der Waals surface area contributed by atoms with Crippen LogP contribution in [0.5, 0.6) is 0 Å². The van der Waals surface area contributed by atoms with E-state index in [1.807, 2.05) is 43.3 Å². The number of hydrogen-bond donors (Lipinski definition) is 1. The van der Waals surface area contributed by atoms with Crippen LogP contribution in [-0.2, 0) is 0 Å². The van der Waals surface area contributed by atoms with Crippen LogP contribution in [0.1, 0.15) is 10.4 Å². The Morgan fingerprint density at radius 3 is 2.42 bits per heavy atom. The maximum atomic E-state index is 11.1. The number of hydrogen-bond acceptors (Lipinski definition) is 2. The number of nitrogens with zero attached hydrogens (tertiary/aromatic N) is 1. The lowest BCUT2D eigenvalue weighted by molar-refractivity contribution is 0.0697. The molecule has 0 fully saturated rings. The number of carboxylic acids is 1. The zero-order valence-electron chi connectivity index (χ0n) is 10.7. The fourth-order valence-corrected chi connectivity index (χ4v) is 2.18. The molecule has 2 aromatic rings. The Kier molecular flexibility index (Phi) is 3.76. The van der Waals surface area contributed by atoms with Gasteiger partial charge in [-0.2, -0.15) is 0 Å². The summed E-state index contributed by atoms with van der Waals surface area (Å²) in [5, 5.41) is 9.61. The molecular weight excluding hydrogens is 262 g/mol. The summed E-state index contributed by atoms with van der Waals surface area (Å²) in [5.74, 6) is -0.958. The molecule has 0 unspecified atom stereocenters. The van der Waals surface area contributed by atoms with E-state index in [-0.39, 0.29) is 5.56 Å². The van der Waals surface area contributed by atoms with Gasteiger partial charge < -0.3 is 10.0 Å². The maximum absolute atomic E-state index is 11.1. The minimum absolute atomic E-state index is 0.230. The lowest BCUT2D eigenvalue weighted by atomic mass is 10.0. The minimum Gasteiger partial charge on any atom is -0.478 e. The quantitative estimate of drug-likeness (QED) is 0.927. The lowest BCUT2D eigenvalue weighted by Crippen LogP contribution is -2.10. The zero-order valence-corrected chi connectivity index (χ0v) is 11.5. The van der Waals surface area contributed by atoms with Crippen molar-refractivity contribution < 1.29 is 9.90 Å². The lowest BCUT2D eigenvalue weighted by Gasteiger charge is -2.18. The van der Waals surface area contributed by atoms with Crippen molar-refractivity contribution in [3.05, 3.63) is 53.1 Å². The minimum atomic E-state index is -0.958. The number of anilines is 1. The first-order valence-corrected chi connectivity index (χ1v) is 6.18. The second-order valence-electron chi connectivity index (χ2n) is 4.41. The van der Waals surface area contributed by atoms with E-state index in [9.17, 15) is 4.79 Å². The molecule has 4 heteroatoms. The first kappa shape index (κ1) is 13.4. The molecule has 0 radical (unpaired) electrons. The molecule has 0 bridgehead atoms. The van der Waals surface area contributed by atoms with Crippen molar-refractivity contribution in [3.8, 4) is 11.1 Å². The standard InChI is InChI=1S/C15H14ClNO2/c1-17(2)14-6-4-3-5-11(14)12-9-10(15(18)19)7-8-13(12)16/h3-9H,1-2H3,(H,18,19). The van der Waals surface area contributed by atoms with Crippen molar-refractivity contribution in [3.63, 3.8) is 0 Å². The molecule has 0 heterocycles. The van der Waals surface area contributed by atoms with Crippen LogP contribution in [0.4, 0.5) is 5.69 Å². The molecule has 0 aliphatic carbocycles. The second-order valence-corrected chi connectivity index (χ2v) is 4.82. The summed E-state index contributed by atoms with van der Waals surface area (Å²) >= 11 is 6.20. The van der Waals surface area contributed by atoms with E-state index < -0.39 is 5.97 Å². The number of carboxylic acid groups (broad SMARTS) is 1. The molecule has 0 saturated heterocycles. The van der Waals surface area contributed by atoms with Crippen LogP contribution in [0.2, 0.25) is 5.02 Å². The third-order valence-corrected chi connectivity index (χ3v) is 3.22. The molecule has 0 aliphatic rings. The molecule has 1 N–H and O–H groups in total. The molecular formula is C15H14ClNO2. The van der Waals surface area contributed by atoms with Crippen molar-refractivity contribution in [2.45, 2.75) is 0 Å². The summed E-state index contributed by atoms with van der Waals surface area (Å²) in [6.45, 7) is 0. The van der Waals surface area contributed by atoms with Gasteiger partial charge in [0.25, 0.3) is 0 Å². The van der Waals surface area contributed by atoms with Gasteiger partial charge in [0, 0.05) is 35.9 Å². The van der Waals surface area contributed by atoms with Gasteiger partial charge in [-0.15, -0.1) is 0 Å². The Hall–Kier alpha value is -2.00. The Bertz CT molecular complexity index is 623. The number of aromatic carboxylic acids is 1. The summed E-state index contributed by atoms with van der Waals surface area (Å²) < 4.78 is 0. The molecule has 0 amide bonds. The third kappa shape index (κ3) is 2.71. The average molecular weight is 276 g/mol. The SMILES string of the molecule is CN(C)c1ccccc1-c1cc(C(=O)O)ccc1Cl. The first-order valence-electron chi connectivity index (χ1n) is 5.80. The largest absolute Gasteiger partial charge is 0.478 e. The highest BCUT2D eigenvalue weighted by atomic mass is 35.5. The van der Waals surface area contributed by atoms with Crippen LogP contribution in [0.3, 0.4) is 0 Å². The van der Waals surface area contributed by atoms with Gasteiger partial charge in [-0.3, -0.25) is 0 Å². The molecule has 0 aromatic heterocycles. The van der Waals surface area contributed by atoms with Crippen molar-refractivity contribution in [2.24, 2.45) is 0 Å². The molecule has 0 atom stereocenters. The van der Waals surface area contributed by atoms with E-state index in [1.54, 1.807) is 12.1 Å². The summed E-state index contributed by atoms with van der Waals surface area (Å²) in [6, 6.07) is 12.5. The van der Waals surface area contributed by atoms with E-state index >= 15 is 0 Å². The smallest absolute Gasteiger partial charge is 0.335 e. The predicted molar refractivity (Wildman–Crippen MR) is 78.2 cm³/mol. The normalized spacial score (nSPS) is 10.3. The monoisotopic (exact) mass is 275 g/mol. The molecule has 98 valence electrons. The molecule has 19 heavy (non-hydrogen) atoms. The van der Waals surface area contributed by atoms with Gasteiger partial charge in [0.05, 0.1) is 5.56 Å². The number of benzene rings is 2. The molecule has 0 aliphatic heterocycles. The fourth-order valence-electron chi connectivity index (χ4n) is 1.96. The highest BCUT2D eigenvalue weighted by molar-refractivity contribution is 6.33. The highest BCUT2D eigenvalue weighted by Crippen LogP contribution is 2.35. The van der Waals surface area contributed by atoms with Crippen LogP contribution in [0.15, 0.2) is 42.5 Å². The van der Waals surface area contributed by atoms with E-state index in [0.717, 1.165) is 16.8 Å². The summed E-state index contributed by atoms with van der Waals surface area (Å²) in [4.78, 5) is 13.0. The van der Waals surface area contributed by atoms with Gasteiger partial charge >= 0.3 is 5.97 Å². The number of para-hydroxylation sites is 1. The van der Waals surface area contributed by atoms with Crippen LogP contribution in [-0.4, -0.2) is 25.2 Å². The van der Waals surface area contributed by atoms with E-state index in [0.29, 0.717) is 5.02 Å². The second kappa shape index (κ2) is 5.33. The van der Waals surface area contributed by atoms with Crippen LogP contribution >= 0.6 is 11.6 Å². The van der Waals surface area contributed by atoms with E-state index in [2.05, 4.69) is 0 Å². The van der Waals surface area contributed by atoms with E-state index in [4.69, 9.17) is 16.7 Å². The zero-order chi connectivity index (χ0) is 14.0. The number of rotatable bonds is 3. The fraction of sp³-hybridized carbons (Fsp3) is 0.133. The van der Waals surface area contributed by atoms with Gasteiger partial charge in [0.1, 0.15) is 0 Å². The van der Waals surface area contributed by atoms with E-state index in [1.165, 1.54) is 6.07 Å². The van der Waals surface area contributed by atoms with Crippen LogP contribution in [0, 0.1) is 0 Å². The van der Waals surface area contributed by atoms with Crippen LogP contribution < -0.4 is 4.90 Å². The van der Waals surface area contributed by atoms with Crippen molar-refractivity contribution in [1.82, 2.24) is 0 Å². The topological polar surface area (TPSA) is 40.5 Å². The van der Waals surface area contributed by atoms with Gasteiger partial charge in [-0.25, -0.2) is 4.79 Å². The van der Waals surface area contributed by atoms with Gasteiger partial charge in [0.2, 0.25) is 0 Å². The molecule has 0 saturated carbocycles. The van der Waals surface area contributed by atoms with Crippen molar-refractivity contribution in [1.29, 1.82) is 0 Å².